The minimum absolute atomic E-state index is 0.0688. The largest absolute Gasteiger partial charge is 0.292 e. The molecule has 80 valence electrons. The number of allylic oxidation sites excluding steroid dienone is 1. The van der Waals surface area contributed by atoms with Crippen molar-refractivity contribution in [1.82, 2.24) is 4.98 Å². The van der Waals surface area contributed by atoms with Crippen molar-refractivity contribution in [3.63, 3.8) is 0 Å². The van der Waals surface area contributed by atoms with E-state index < -0.39 is 0 Å². The Balaban J connectivity index is 2.87. The predicted molar refractivity (Wildman–Crippen MR) is 62.1 cm³/mol. The minimum Gasteiger partial charge on any atom is -0.292 e. The van der Waals surface area contributed by atoms with Crippen molar-refractivity contribution in [1.29, 1.82) is 0 Å². The molecule has 0 radical (unpaired) electrons. The van der Waals surface area contributed by atoms with Crippen molar-refractivity contribution < 1.29 is 4.79 Å². The van der Waals surface area contributed by atoms with Crippen molar-refractivity contribution in [3.05, 3.63) is 41.2 Å². The van der Waals surface area contributed by atoms with Crippen LogP contribution in [0.3, 0.4) is 0 Å². The lowest BCUT2D eigenvalue weighted by Crippen LogP contribution is -2.06. The van der Waals surface area contributed by atoms with E-state index in [-0.39, 0.29) is 5.78 Å². The summed E-state index contributed by atoms with van der Waals surface area (Å²) in [6.07, 6.45) is 2.99. The first-order chi connectivity index (χ1) is 7.04. The van der Waals surface area contributed by atoms with Crippen LogP contribution >= 0.6 is 0 Å². The molecule has 15 heavy (non-hydrogen) atoms. The van der Waals surface area contributed by atoms with E-state index in [9.17, 15) is 4.79 Å². The Morgan fingerprint density at radius 3 is 2.67 bits per heavy atom. The zero-order valence-corrected chi connectivity index (χ0v) is 9.63. The van der Waals surface area contributed by atoms with Crippen LogP contribution in [0.1, 0.15) is 41.4 Å². The third-order valence-corrected chi connectivity index (χ3v) is 2.39. The molecule has 0 aliphatic heterocycles. The second-order valence-electron chi connectivity index (χ2n) is 3.88. The highest BCUT2D eigenvalue weighted by molar-refractivity contribution is 5.96. The van der Waals surface area contributed by atoms with E-state index in [1.165, 1.54) is 0 Å². The zero-order valence-electron chi connectivity index (χ0n) is 9.63. The number of Topliss-reactive ketones (excluding diaryl/α,β-unsaturated/α-hetero) is 1. The standard InChI is InChI=1S/C13H17NO/c1-5-9(2)7-12(15)13-11(4)6-10(3)8-14-13/h6,8H,2,5,7H2,1,3-4H3. The van der Waals surface area contributed by atoms with Gasteiger partial charge < -0.3 is 0 Å². The molecule has 0 atom stereocenters. The van der Waals surface area contributed by atoms with Gasteiger partial charge in [-0.05, 0) is 31.4 Å². The van der Waals surface area contributed by atoms with Crippen molar-refractivity contribution in [3.8, 4) is 0 Å². The van der Waals surface area contributed by atoms with Gasteiger partial charge in [-0.1, -0.05) is 25.1 Å². The van der Waals surface area contributed by atoms with Crippen molar-refractivity contribution >= 4 is 5.78 Å². The van der Waals surface area contributed by atoms with Crippen LogP contribution in [0.15, 0.2) is 24.4 Å². The van der Waals surface area contributed by atoms with Crippen LogP contribution in [0.5, 0.6) is 0 Å². The van der Waals surface area contributed by atoms with Gasteiger partial charge in [-0.3, -0.25) is 9.78 Å². The molecule has 1 heterocycles. The van der Waals surface area contributed by atoms with Crippen LogP contribution in [0.25, 0.3) is 0 Å². The molecule has 0 amide bonds. The Hall–Kier alpha value is -1.44. The smallest absolute Gasteiger partial charge is 0.185 e. The number of hydrogen-bond donors (Lipinski definition) is 0. The summed E-state index contributed by atoms with van der Waals surface area (Å²) in [5, 5.41) is 0. The maximum absolute atomic E-state index is 11.8. The third kappa shape index (κ3) is 3.01. The molecule has 0 aromatic carbocycles. The van der Waals surface area contributed by atoms with Crippen LogP contribution in [0.4, 0.5) is 0 Å². The number of nitrogens with zero attached hydrogens (tertiary/aromatic N) is 1. The number of carbonyl (C=O) groups excluding carboxylic acids is 1. The lowest BCUT2D eigenvalue weighted by atomic mass is 10.0. The van der Waals surface area contributed by atoms with Crippen LogP contribution in [0, 0.1) is 13.8 Å². The van der Waals surface area contributed by atoms with Gasteiger partial charge in [0, 0.05) is 12.6 Å². The number of aryl methyl sites for hydroxylation is 2. The highest BCUT2D eigenvalue weighted by Crippen LogP contribution is 2.13. The average Bonchev–Trinajstić information content (AvgIpc) is 2.17. The molecule has 0 N–H and O–H groups in total. The highest BCUT2D eigenvalue weighted by Gasteiger charge is 2.11. The maximum atomic E-state index is 11.8. The quantitative estimate of drug-likeness (QED) is 0.555. The number of hydrogen-bond acceptors (Lipinski definition) is 2. The molecule has 0 saturated carbocycles. The number of rotatable bonds is 4. The predicted octanol–water partition coefficient (Wildman–Crippen LogP) is 3.24. The number of ketones is 1. The Kier molecular flexibility index (Phi) is 3.78. The fourth-order valence-corrected chi connectivity index (χ4v) is 1.44. The van der Waals surface area contributed by atoms with Gasteiger partial charge in [-0.2, -0.15) is 0 Å². The molecule has 2 heteroatoms. The van der Waals surface area contributed by atoms with E-state index >= 15 is 0 Å². The monoisotopic (exact) mass is 203 g/mol. The molecule has 0 spiro atoms. The number of aromatic nitrogens is 1. The van der Waals surface area contributed by atoms with Crippen LogP contribution in [-0.2, 0) is 0 Å². The maximum Gasteiger partial charge on any atom is 0.185 e. The fraction of sp³-hybridized carbons (Fsp3) is 0.385. The first kappa shape index (κ1) is 11.6. The summed E-state index contributed by atoms with van der Waals surface area (Å²) in [5.74, 6) is 0.0688. The van der Waals surface area contributed by atoms with Gasteiger partial charge in [0.15, 0.2) is 5.78 Å². The average molecular weight is 203 g/mol. The molecule has 0 saturated heterocycles. The fourth-order valence-electron chi connectivity index (χ4n) is 1.44. The Morgan fingerprint density at radius 2 is 2.13 bits per heavy atom. The lowest BCUT2D eigenvalue weighted by Gasteiger charge is -2.05. The first-order valence-corrected chi connectivity index (χ1v) is 5.17. The molecule has 1 aromatic rings. The summed E-state index contributed by atoms with van der Waals surface area (Å²) in [4.78, 5) is 16.0. The molecular formula is C13H17NO. The second-order valence-corrected chi connectivity index (χ2v) is 3.88. The zero-order chi connectivity index (χ0) is 11.4. The van der Waals surface area contributed by atoms with Gasteiger partial charge in [0.25, 0.3) is 0 Å². The summed E-state index contributed by atoms with van der Waals surface area (Å²) in [7, 11) is 0. The molecular weight excluding hydrogens is 186 g/mol. The van der Waals surface area contributed by atoms with Crippen LogP contribution in [0.2, 0.25) is 0 Å². The lowest BCUT2D eigenvalue weighted by molar-refractivity contribution is 0.0987. The number of carbonyl (C=O) groups is 1. The van der Waals surface area contributed by atoms with Gasteiger partial charge in [0.1, 0.15) is 5.69 Å². The number of pyridine rings is 1. The van der Waals surface area contributed by atoms with E-state index in [1.54, 1.807) is 6.20 Å². The highest BCUT2D eigenvalue weighted by atomic mass is 16.1. The third-order valence-electron chi connectivity index (χ3n) is 2.39. The molecule has 0 aliphatic rings. The van der Waals surface area contributed by atoms with Crippen molar-refractivity contribution in [2.45, 2.75) is 33.6 Å². The molecule has 0 aliphatic carbocycles. The first-order valence-electron chi connectivity index (χ1n) is 5.17. The summed E-state index contributed by atoms with van der Waals surface area (Å²) >= 11 is 0. The summed E-state index contributed by atoms with van der Waals surface area (Å²) in [6.45, 7) is 9.73. The van der Waals surface area contributed by atoms with E-state index in [2.05, 4.69) is 11.6 Å². The summed E-state index contributed by atoms with van der Waals surface area (Å²) in [6, 6.07) is 1.98. The van der Waals surface area contributed by atoms with Gasteiger partial charge in [-0.25, -0.2) is 0 Å². The molecule has 0 unspecified atom stereocenters. The summed E-state index contributed by atoms with van der Waals surface area (Å²) in [5.41, 5.74) is 3.57. The van der Waals surface area contributed by atoms with Gasteiger partial charge in [-0.15, -0.1) is 0 Å². The summed E-state index contributed by atoms with van der Waals surface area (Å²) < 4.78 is 0. The molecule has 1 aromatic heterocycles. The van der Waals surface area contributed by atoms with Gasteiger partial charge in [0.2, 0.25) is 0 Å². The molecule has 1 rings (SSSR count). The Bertz CT molecular complexity index is 394. The molecule has 0 fully saturated rings. The van der Waals surface area contributed by atoms with Crippen molar-refractivity contribution in [2.75, 3.05) is 0 Å². The van der Waals surface area contributed by atoms with E-state index in [4.69, 9.17) is 0 Å². The van der Waals surface area contributed by atoms with E-state index in [0.29, 0.717) is 12.1 Å². The Morgan fingerprint density at radius 1 is 1.47 bits per heavy atom. The van der Waals surface area contributed by atoms with Gasteiger partial charge in [0.05, 0.1) is 0 Å². The van der Waals surface area contributed by atoms with Crippen LogP contribution in [-0.4, -0.2) is 10.8 Å². The van der Waals surface area contributed by atoms with Crippen LogP contribution < -0.4 is 0 Å². The SMILES string of the molecule is C=C(CC)CC(=O)c1ncc(C)cc1C. The molecule has 2 nitrogen and oxygen atoms in total. The Labute approximate surface area is 91.0 Å². The van der Waals surface area contributed by atoms with E-state index in [1.807, 2.05) is 26.8 Å². The normalized spacial score (nSPS) is 10.1. The molecule has 0 bridgehead atoms. The van der Waals surface area contributed by atoms with E-state index in [0.717, 1.165) is 23.1 Å². The van der Waals surface area contributed by atoms with Gasteiger partial charge >= 0.3 is 0 Å². The van der Waals surface area contributed by atoms with Crippen molar-refractivity contribution in [2.24, 2.45) is 0 Å². The minimum atomic E-state index is 0.0688. The second kappa shape index (κ2) is 4.87. The topological polar surface area (TPSA) is 30.0 Å².